The molecule has 0 aliphatic heterocycles. The molecule has 0 spiro atoms. The second-order valence-electron chi connectivity index (χ2n) is 8.13. The molecule has 33 heavy (non-hydrogen) atoms. The average molecular weight is 483 g/mol. The van der Waals surface area contributed by atoms with Gasteiger partial charge in [-0.05, 0) is 69.9 Å². The maximum atomic E-state index is 6.18. The Labute approximate surface area is 203 Å². The van der Waals surface area contributed by atoms with Crippen molar-refractivity contribution in [2.45, 2.75) is 34.0 Å². The number of ether oxygens (including phenoxy) is 1. The molecule has 0 atom stereocenters. The molecule has 0 saturated carbocycles. The Hall–Kier alpha value is -2.94. The lowest BCUT2D eigenvalue weighted by Crippen LogP contribution is -2.23. The van der Waals surface area contributed by atoms with Crippen LogP contribution in [0, 0.1) is 25.5 Å². The van der Waals surface area contributed by atoms with Crippen LogP contribution < -0.4 is 4.74 Å². The number of benzene rings is 2. The normalized spacial score (nSPS) is 11.4. The highest BCUT2D eigenvalue weighted by molar-refractivity contribution is 7.71. The van der Waals surface area contributed by atoms with E-state index in [9.17, 15) is 0 Å². The number of aryl methyl sites for hydroxylation is 2. The molecule has 1 N–H and O–H groups in total. The van der Waals surface area contributed by atoms with Gasteiger partial charge in [0, 0.05) is 22.8 Å². The zero-order valence-electron chi connectivity index (χ0n) is 19.4. The fourth-order valence-electron chi connectivity index (χ4n) is 3.94. The number of hydrogen-bond acceptors (Lipinski definition) is 5. The molecule has 0 radical (unpaired) electrons. The van der Waals surface area contributed by atoms with E-state index in [1.807, 2.05) is 40.7 Å². The van der Waals surface area contributed by atoms with Gasteiger partial charge in [0.15, 0.2) is 5.82 Å². The topological polar surface area (TPSA) is 63.9 Å². The van der Waals surface area contributed by atoms with Crippen LogP contribution in [0.15, 0.2) is 42.5 Å². The highest BCUT2D eigenvalue weighted by Gasteiger charge is 2.17. The van der Waals surface area contributed by atoms with Crippen LogP contribution in [0.1, 0.15) is 22.5 Å². The van der Waals surface area contributed by atoms with Gasteiger partial charge < -0.3 is 4.74 Å². The number of nitrogens with one attached hydrogen (secondary N) is 1. The molecule has 4 rings (SSSR count). The third-order valence-electron chi connectivity index (χ3n) is 5.69. The first-order valence-corrected chi connectivity index (χ1v) is 11.4. The van der Waals surface area contributed by atoms with Gasteiger partial charge in [0.2, 0.25) is 4.77 Å². The van der Waals surface area contributed by atoms with Gasteiger partial charge in [-0.1, -0.05) is 29.8 Å². The summed E-state index contributed by atoms with van der Waals surface area (Å²) in [6.45, 7) is 7.53. The molecular weight excluding hydrogens is 456 g/mol. The molecule has 0 aliphatic rings. The third kappa shape index (κ3) is 4.73. The molecule has 7 nitrogen and oxygen atoms in total. The third-order valence-corrected chi connectivity index (χ3v) is 6.24. The van der Waals surface area contributed by atoms with Crippen LogP contribution >= 0.6 is 23.8 Å². The van der Waals surface area contributed by atoms with E-state index in [0.717, 1.165) is 29.2 Å². The van der Waals surface area contributed by atoms with E-state index in [-0.39, 0.29) is 0 Å². The van der Waals surface area contributed by atoms with Gasteiger partial charge in [-0.25, -0.2) is 9.36 Å². The lowest BCUT2D eigenvalue weighted by molar-refractivity contribution is 0.243. The molecule has 0 fully saturated rings. The first-order valence-electron chi connectivity index (χ1n) is 10.6. The number of aromatic nitrogens is 5. The Bertz CT molecular complexity index is 1360. The summed E-state index contributed by atoms with van der Waals surface area (Å²) >= 11 is 11.7. The number of halogens is 1. The minimum absolute atomic E-state index is 0.461. The Balaban J connectivity index is 1.56. The fourth-order valence-corrected chi connectivity index (χ4v) is 4.31. The molecule has 0 unspecified atom stereocenters. The number of aromatic amines is 1. The zero-order chi connectivity index (χ0) is 23.7. The zero-order valence-corrected chi connectivity index (χ0v) is 21.0. The minimum Gasteiger partial charge on any atom is -0.496 e. The highest BCUT2D eigenvalue weighted by atomic mass is 35.5. The van der Waals surface area contributed by atoms with E-state index >= 15 is 0 Å². The monoisotopic (exact) mass is 482 g/mol. The van der Waals surface area contributed by atoms with Gasteiger partial charge in [0.25, 0.3) is 0 Å². The summed E-state index contributed by atoms with van der Waals surface area (Å²) in [5.74, 6) is 1.30. The molecule has 0 aliphatic carbocycles. The van der Waals surface area contributed by atoms with E-state index in [0.29, 0.717) is 28.0 Å². The van der Waals surface area contributed by atoms with Crippen molar-refractivity contribution >= 4 is 23.8 Å². The van der Waals surface area contributed by atoms with Gasteiger partial charge in [-0.3, -0.25) is 10.00 Å². The molecule has 0 saturated heterocycles. The molecule has 172 valence electrons. The molecule has 2 heterocycles. The molecule has 4 aromatic rings. The molecule has 0 bridgehead atoms. The fraction of sp³-hybridized carbons (Fsp3) is 0.292. The van der Waals surface area contributed by atoms with E-state index in [2.05, 4.69) is 47.9 Å². The van der Waals surface area contributed by atoms with E-state index in [1.54, 1.807) is 13.2 Å². The van der Waals surface area contributed by atoms with Gasteiger partial charge in [-0.2, -0.15) is 10.1 Å². The summed E-state index contributed by atoms with van der Waals surface area (Å²) in [5.41, 5.74) is 6.40. The van der Waals surface area contributed by atoms with Crippen molar-refractivity contribution in [3.05, 3.63) is 74.8 Å². The quantitative estimate of drug-likeness (QED) is 0.354. The Kier molecular flexibility index (Phi) is 6.69. The first kappa shape index (κ1) is 23.2. The maximum absolute atomic E-state index is 6.18. The molecule has 2 aromatic heterocycles. The summed E-state index contributed by atoms with van der Waals surface area (Å²) < 4.78 is 9.78. The van der Waals surface area contributed by atoms with Crippen molar-refractivity contribution in [3.63, 3.8) is 0 Å². The van der Waals surface area contributed by atoms with Crippen molar-refractivity contribution in [2.75, 3.05) is 14.2 Å². The lowest BCUT2D eigenvalue weighted by atomic mass is 10.1. The van der Waals surface area contributed by atoms with Crippen LogP contribution in [0.4, 0.5) is 0 Å². The van der Waals surface area contributed by atoms with Crippen LogP contribution in [0.2, 0.25) is 5.02 Å². The number of hydrogen-bond donors (Lipinski definition) is 1. The van der Waals surface area contributed by atoms with E-state index in [4.69, 9.17) is 33.7 Å². The standard InChI is InChI=1S/C24H27ClN6OS/c1-15-8-6-7-9-21(15)31-17(3)20(16(2)27-31)13-29(4)14-30-24(33)26-23(28-30)19-12-18(25)10-11-22(19)32-5/h6-12H,13-14H2,1-5H3,(H,26,28,33). The molecule has 2 aromatic carbocycles. The van der Waals surface area contributed by atoms with Crippen molar-refractivity contribution in [3.8, 4) is 22.8 Å². The number of para-hydroxylation sites is 1. The summed E-state index contributed by atoms with van der Waals surface area (Å²) in [6, 6.07) is 13.7. The molecule has 0 amide bonds. The second-order valence-corrected chi connectivity index (χ2v) is 8.93. The van der Waals surface area contributed by atoms with Crippen molar-refractivity contribution in [1.29, 1.82) is 0 Å². The van der Waals surface area contributed by atoms with Crippen LogP contribution in [0.3, 0.4) is 0 Å². The Morgan fingerprint density at radius 3 is 2.64 bits per heavy atom. The van der Waals surface area contributed by atoms with Crippen molar-refractivity contribution in [2.24, 2.45) is 0 Å². The number of methoxy groups -OCH3 is 1. The van der Waals surface area contributed by atoms with E-state index < -0.39 is 0 Å². The molecular formula is C24H27ClN6OS. The molecule has 9 heteroatoms. The van der Waals surface area contributed by atoms with Crippen LogP contribution in [-0.4, -0.2) is 43.6 Å². The maximum Gasteiger partial charge on any atom is 0.217 e. The van der Waals surface area contributed by atoms with Crippen LogP contribution in [-0.2, 0) is 13.2 Å². The Morgan fingerprint density at radius 1 is 1.15 bits per heavy atom. The largest absolute Gasteiger partial charge is 0.496 e. The van der Waals surface area contributed by atoms with Crippen LogP contribution in [0.5, 0.6) is 5.75 Å². The van der Waals surface area contributed by atoms with Crippen molar-refractivity contribution in [1.82, 2.24) is 29.4 Å². The predicted molar refractivity (Wildman–Crippen MR) is 134 cm³/mol. The smallest absolute Gasteiger partial charge is 0.217 e. The summed E-state index contributed by atoms with van der Waals surface area (Å²) in [4.78, 5) is 6.69. The predicted octanol–water partition coefficient (Wildman–Crippen LogP) is 5.47. The van der Waals surface area contributed by atoms with Gasteiger partial charge in [-0.15, -0.1) is 0 Å². The summed E-state index contributed by atoms with van der Waals surface area (Å²) in [5, 5.41) is 8.70. The number of rotatable bonds is 7. The second kappa shape index (κ2) is 9.51. The Morgan fingerprint density at radius 2 is 1.91 bits per heavy atom. The number of H-pyrrole nitrogens is 1. The number of nitrogens with zero attached hydrogens (tertiary/aromatic N) is 5. The van der Waals surface area contributed by atoms with Gasteiger partial charge in [0.1, 0.15) is 5.75 Å². The van der Waals surface area contributed by atoms with Crippen LogP contribution in [0.25, 0.3) is 17.1 Å². The van der Waals surface area contributed by atoms with E-state index in [1.165, 1.54) is 11.1 Å². The minimum atomic E-state index is 0.461. The first-order chi connectivity index (χ1) is 15.8. The lowest BCUT2D eigenvalue weighted by Gasteiger charge is -2.17. The van der Waals surface area contributed by atoms with Gasteiger partial charge in [0.05, 0.1) is 30.7 Å². The van der Waals surface area contributed by atoms with Gasteiger partial charge >= 0.3 is 0 Å². The van der Waals surface area contributed by atoms with Crippen molar-refractivity contribution < 1.29 is 4.74 Å². The average Bonchev–Trinajstić information content (AvgIpc) is 3.28. The SMILES string of the molecule is COc1ccc(Cl)cc1-c1nc(=S)n(CN(C)Cc2c(C)nn(-c3ccccc3C)c2C)[nH]1. The summed E-state index contributed by atoms with van der Waals surface area (Å²) in [6.07, 6.45) is 0. The highest BCUT2D eigenvalue weighted by Crippen LogP contribution is 2.30. The summed E-state index contributed by atoms with van der Waals surface area (Å²) in [7, 11) is 3.67.